The van der Waals surface area contributed by atoms with Crippen molar-refractivity contribution in [3.63, 3.8) is 0 Å². The summed E-state index contributed by atoms with van der Waals surface area (Å²) < 4.78 is 27.1. The smallest absolute Gasteiger partial charge is 0.409 e. The van der Waals surface area contributed by atoms with E-state index < -0.39 is 15.1 Å². The molecule has 1 saturated heterocycles. The van der Waals surface area contributed by atoms with Gasteiger partial charge in [-0.2, -0.15) is 0 Å². The van der Waals surface area contributed by atoms with E-state index in [1.165, 1.54) is 31.4 Å². The molecular weight excluding hydrogens is 344 g/mol. The van der Waals surface area contributed by atoms with E-state index in [0.717, 1.165) is 0 Å². The maximum absolute atomic E-state index is 12.5. The van der Waals surface area contributed by atoms with Crippen LogP contribution in [0, 0.1) is 0 Å². The van der Waals surface area contributed by atoms with Gasteiger partial charge in [-0.05, 0) is 30.7 Å². The van der Waals surface area contributed by atoms with Crippen molar-refractivity contribution in [1.29, 1.82) is 0 Å². The van der Waals surface area contributed by atoms with Gasteiger partial charge in [0.05, 0.1) is 12.0 Å². The highest BCUT2D eigenvalue weighted by atomic mass is 35.7. The minimum absolute atomic E-state index is 0.0524. The minimum atomic E-state index is -3.81. The molecule has 0 spiro atoms. The Labute approximate surface area is 139 Å². The number of amides is 2. The van der Waals surface area contributed by atoms with Crippen LogP contribution in [0.2, 0.25) is 0 Å². The van der Waals surface area contributed by atoms with Crippen LogP contribution in [0.3, 0.4) is 0 Å². The highest BCUT2D eigenvalue weighted by molar-refractivity contribution is 8.13. The van der Waals surface area contributed by atoms with E-state index in [4.69, 9.17) is 10.7 Å². The highest BCUT2D eigenvalue weighted by Crippen LogP contribution is 2.17. The summed E-state index contributed by atoms with van der Waals surface area (Å²) in [6, 6.07) is 5.46. The second-order valence-corrected chi connectivity index (χ2v) is 7.63. The third kappa shape index (κ3) is 4.35. The molecule has 0 atom stereocenters. The number of carbonyl (C=O) groups excluding carboxylic acids is 2. The summed E-state index contributed by atoms with van der Waals surface area (Å²) in [6.45, 7) is 1.83. The van der Waals surface area contributed by atoms with Crippen LogP contribution in [-0.4, -0.2) is 63.5 Å². The summed E-state index contributed by atoms with van der Waals surface area (Å²) in [5.41, 5.74) is 0.376. The first kappa shape index (κ1) is 17.6. The molecule has 0 saturated carbocycles. The summed E-state index contributed by atoms with van der Waals surface area (Å²) in [4.78, 5) is 27.1. The van der Waals surface area contributed by atoms with E-state index in [2.05, 4.69) is 4.74 Å². The van der Waals surface area contributed by atoms with Crippen molar-refractivity contribution in [3.05, 3.63) is 29.8 Å². The molecule has 1 aliphatic heterocycles. The fraction of sp³-hybridized carbons (Fsp3) is 0.429. The van der Waals surface area contributed by atoms with Gasteiger partial charge in [-0.15, -0.1) is 0 Å². The van der Waals surface area contributed by atoms with Gasteiger partial charge in [-0.25, -0.2) is 13.2 Å². The lowest BCUT2D eigenvalue weighted by Crippen LogP contribution is -2.37. The number of nitrogens with zero attached hydrogens (tertiary/aromatic N) is 2. The monoisotopic (exact) mass is 360 g/mol. The zero-order valence-electron chi connectivity index (χ0n) is 12.6. The average molecular weight is 361 g/mol. The molecule has 0 radical (unpaired) electrons. The number of hydrogen-bond donors (Lipinski definition) is 0. The summed E-state index contributed by atoms with van der Waals surface area (Å²) >= 11 is 0. The SMILES string of the molecule is COC(=O)N1CCCN(C(=O)c2ccc(S(=O)(=O)Cl)cc2)CC1. The molecule has 1 aromatic carbocycles. The molecule has 0 N–H and O–H groups in total. The van der Waals surface area contributed by atoms with Gasteiger partial charge < -0.3 is 14.5 Å². The topological polar surface area (TPSA) is 84.0 Å². The Bertz CT molecular complexity index is 690. The first-order valence-electron chi connectivity index (χ1n) is 7.00. The molecule has 9 heteroatoms. The molecule has 0 aromatic heterocycles. The van der Waals surface area contributed by atoms with Crippen LogP contribution >= 0.6 is 10.7 Å². The van der Waals surface area contributed by atoms with Crippen LogP contribution in [0.4, 0.5) is 4.79 Å². The number of carbonyl (C=O) groups is 2. The second-order valence-electron chi connectivity index (χ2n) is 5.07. The maximum Gasteiger partial charge on any atom is 0.409 e. The van der Waals surface area contributed by atoms with Gasteiger partial charge in [0.15, 0.2) is 0 Å². The molecule has 126 valence electrons. The molecule has 1 heterocycles. The molecule has 0 unspecified atom stereocenters. The lowest BCUT2D eigenvalue weighted by atomic mass is 10.2. The number of ether oxygens (including phenoxy) is 1. The van der Waals surface area contributed by atoms with E-state index in [0.29, 0.717) is 38.2 Å². The van der Waals surface area contributed by atoms with Crippen molar-refractivity contribution in [1.82, 2.24) is 9.80 Å². The third-order valence-electron chi connectivity index (χ3n) is 3.60. The Balaban J connectivity index is 2.07. The molecular formula is C14H17ClN2O5S. The maximum atomic E-state index is 12.5. The van der Waals surface area contributed by atoms with Crippen molar-refractivity contribution in [3.8, 4) is 0 Å². The number of benzene rings is 1. The van der Waals surface area contributed by atoms with Crippen LogP contribution < -0.4 is 0 Å². The van der Waals surface area contributed by atoms with Crippen LogP contribution in [-0.2, 0) is 13.8 Å². The number of methoxy groups -OCH3 is 1. The number of hydrogen-bond acceptors (Lipinski definition) is 5. The normalized spacial score (nSPS) is 15.9. The van der Waals surface area contributed by atoms with Crippen LogP contribution in [0.1, 0.15) is 16.8 Å². The highest BCUT2D eigenvalue weighted by Gasteiger charge is 2.23. The van der Waals surface area contributed by atoms with Crippen molar-refractivity contribution >= 4 is 31.7 Å². The summed E-state index contributed by atoms with van der Waals surface area (Å²) in [7, 11) is 2.76. The van der Waals surface area contributed by atoms with Gasteiger partial charge >= 0.3 is 6.09 Å². The zero-order valence-corrected chi connectivity index (χ0v) is 14.1. The van der Waals surface area contributed by atoms with E-state index in [9.17, 15) is 18.0 Å². The molecule has 1 fully saturated rings. The molecule has 2 rings (SSSR count). The van der Waals surface area contributed by atoms with Crippen LogP contribution in [0.25, 0.3) is 0 Å². The molecule has 23 heavy (non-hydrogen) atoms. The fourth-order valence-electron chi connectivity index (χ4n) is 2.37. The van der Waals surface area contributed by atoms with E-state index >= 15 is 0 Å². The van der Waals surface area contributed by atoms with Crippen LogP contribution in [0.15, 0.2) is 29.2 Å². The molecule has 1 aromatic rings. The van der Waals surface area contributed by atoms with Gasteiger partial charge in [0, 0.05) is 42.4 Å². The summed E-state index contributed by atoms with van der Waals surface area (Å²) in [5, 5.41) is 0. The second kappa shape index (κ2) is 7.18. The Morgan fingerprint density at radius 3 is 2.17 bits per heavy atom. The lowest BCUT2D eigenvalue weighted by Gasteiger charge is -2.21. The van der Waals surface area contributed by atoms with Gasteiger partial charge in [-0.3, -0.25) is 4.79 Å². The Hall–Kier alpha value is -1.80. The van der Waals surface area contributed by atoms with Crippen molar-refractivity contribution in [2.24, 2.45) is 0 Å². The predicted octanol–water partition coefficient (Wildman–Crippen LogP) is 1.53. The number of halogens is 1. The molecule has 0 bridgehead atoms. The standard InChI is InChI=1S/C14H17ClN2O5S/c1-22-14(19)17-8-2-7-16(9-10-17)13(18)11-3-5-12(6-4-11)23(15,20)21/h3-6H,2,7-10H2,1H3. The van der Waals surface area contributed by atoms with Gasteiger partial charge in [0.1, 0.15) is 0 Å². The summed E-state index contributed by atoms with van der Waals surface area (Å²) in [5.74, 6) is -0.213. The van der Waals surface area contributed by atoms with E-state index in [1.54, 1.807) is 9.80 Å². The summed E-state index contributed by atoms with van der Waals surface area (Å²) in [6.07, 6.45) is 0.241. The fourth-order valence-corrected chi connectivity index (χ4v) is 3.14. The largest absolute Gasteiger partial charge is 0.453 e. The quantitative estimate of drug-likeness (QED) is 0.747. The third-order valence-corrected chi connectivity index (χ3v) is 4.97. The van der Waals surface area contributed by atoms with E-state index in [1.807, 2.05) is 0 Å². The predicted molar refractivity (Wildman–Crippen MR) is 84.0 cm³/mol. The Morgan fingerprint density at radius 1 is 1.04 bits per heavy atom. The van der Waals surface area contributed by atoms with Gasteiger partial charge in [0.25, 0.3) is 15.0 Å². The molecule has 1 aliphatic rings. The first-order valence-corrected chi connectivity index (χ1v) is 9.31. The minimum Gasteiger partial charge on any atom is -0.453 e. The molecule has 0 aliphatic carbocycles. The van der Waals surface area contributed by atoms with Crippen molar-refractivity contribution in [2.75, 3.05) is 33.3 Å². The van der Waals surface area contributed by atoms with Crippen LogP contribution in [0.5, 0.6) is 0 Å². The molecule has 7 nitrogen and oxygen atoms in total. The lowest BCUT2D eigenvalue weighted by molar-refractivity contribution is 0.0757. The zero-order chi connectivity index (χ0) is 17.0. The van der Waals surface area contributed by atoms with Gasteiger partial charge in [-0.1, -0.05) is 0 Å². The number of rotatable bonds is 2. The van der Waals surface area contributed by atoms with E-state index in [-0.39, 0.29) is 10.8 Å². The average Bonchev–Trinajstić information content (AvgIpc) is 2.78. The van der Waals surface area contributed by atoms with Crippen molar-refractivity contribution in [2.45, 2.75) is 11.3 Å². The Morgan fingerprint density at radius 2 is 1.61 bits per heavy atom. The first-order chi connectivity index (χ1) is 10.8. The van der Waals surface area contributed by atoms with Gasteiger partial charge in [0.2, 0.25) is 0 Å². The molecule has 2 amide bonds. The Kier molecular flexibility index (Phi) is 5.48. The van der Waals surface area contributed by atoms with Crippen molar-refractivity contribution < 1.29 is 22.7 Å².